The summed E-state index contributed by atoms with van der Waals surface area (Å²) in [4.78, 5) is 3.18. The molecule has 3 aromatic rings. The number of fused-ring (bicyclic) bond motifs is 1. The van der Waals surface area contributed by atoms with E-state index in [4.69, 9.17) is 22.1 Å². The molecule has 6 heteroatoms. The average molecular weight is 277 g/mol. The monoisotopic (exact) mass is 276 g/mol. The van der Waals surface area contributed by atoms with Crippen molar-refractivity contribution in [3.05, 3.63) is 29.4 Å². The number of nitrogens with zero attached hydrogens (tertiary/aromatic N) is 2. The molecule has 3 rings (SSSR count). The Morgan fingerprint density at radius 3 is 2.84 bits per heavy atom. The molecule has 0 amide bonds. The van der Waals surface area contributed by atoms with Gasteiger partial charge in [-0.15, -0.1) is 0 Å². The van der Waals surface area contributed by atoms with Crippen molar-refractivity contribution in [1.82, 2.24) is 14.8 Å². The number of ether oxygens (including phenoxy) is 1. The summed E-state index contributed by atoms with van der Waals surface area (Å²) in [6.07, 6.45) is 1.86. The van der Waals surface area contributed by atoms with Crippen LogP contribution in [0.4, 0.5) is 5.82 Å². The van der Waals surface area contributed by atoms with E-state index in [0.29, 0.717) is 10.8 Å². The van der Waals surface area contributed by atoms with Crippen LogP contribution in [-0.2, 0) is 7.05 Å². The van der Waals surface area contributed by atoms with Crippen LogP contribution in [0, 0.1) is 0 Å². The molecule has 0 spiro atoms. The van der Waals surface area contributed by atoms with Crippen LogP contribution in [0.1, 0.15) is 0 Å². The second-order valence-electron chi connectivity index (χ2n) is 4.28. The lowest BCUT2D eigenvalue weighted by Gasteiger charge is -2.03. The summed E-state index contributed by atoms with van der Waals surface area (Å²) in [7, 11) is 3.43. The number of nitrogens with one attached hydrogen (secondary N) is 1. The molecule has 0 aliphatic carbocycles. The van der Waals surface area contributed by atoms with E-state index in [9.17, 15) is 0 Å². The minimum atomic E-state index is 0.600. The third-order valence-electron chi connectivity index (χ3n) is 3.16. The zero-order valence-corrected chi connectivity index (χ0v) is 11.3. The summed E-state index contributed by atoms with van der Waals surface area (Å²) in [5.41, 5.74) is 8.36. The van der Waals surface area contributed by atoms with Crippen molar-refractivity contribution in [2.24, 2.45) is 7.05 Å². The molecule has 0 radical (unpaired) electrons. The lowest BCUT2D eigenvalue weighted by molar-refractivity contribution is 0.419. The second kappa shape index (κ2) is 4.20. The predicted molar refractivity (Wildman–Crippen MR) is 76.5 cm³/mol. The summed E-state index contributed by atoms with van der Waals surface area (Å²) in [5, 5.41) is 5.91. The topological polar surface area (TPSA) is 68.9 Å². The number of nitrogen functional groups attached to an aromatic ring is 1. The van der Waals surface area contributed by atoms with Crippen LogP contribution in [0.15, 0.2) is 24.4 Å². The highest BCUT2D eigenvalue weighted by molar-refractivity contribution is 6.36. The Kier molecular flexibility index (Phi) is 2.64. The van der Waals surface area contributed by atoms with Crippen molar-refractivity contribution in [2.75, 3.05) is 12.8 Å². The average Bonchev–Trinajstić information content (AvgIpc) is 2.96. The first kappa shape index (κ1) is 11.9. The van der Waals surface area contributed by atoms with Crippen LogP contribution >= 0.6 is 11.6 Å². The zero-order valence-electron chi connectivity index (χ0n) is 10.6. The number of benzene rings is 1. The molecule has 0 aliphatic heterocycles. The number of methoxy groups -OCH3 is 1. The number of halogens is 1. The number of H-pyrrole nitrogens is 1. The van der Waals surface area contributed by atoms with Crippen molar-refractivity contribution < 1.29 is 4.74 Å². The van der Waals surface area contributed by atoms with Crippen LogP contribution in [0.2, 0.25) is 5.02 Å². The van der Waals surface area contributed by atoms with Crippen molar-refractivity contribution in [3.8, 4) is 17.0 Å². The van der Waals surface area contributed by atoms with Crippen LogP contribution in [0.5, 0.6) is 5.75 Å². The Bertz CT molecular complexity index is 740. The third-order valence-corrected chi connectivity index (χ3v) is 3.47. The minimum Gasteiger partial charge on any atom is -0.495 e. The molecule has 2 heterocycles. The normalized spacial score (nSPS) is 11.1. The quantitative estimate of drug-likeness (QED) is 0.756. The number of hydrogen-bond donors (Lipinski definition) is 2. The number of anilines is 1. The van der Waals surface area contributed by atoms with Crippen LogP contribution < -0.4 is 10.5 Å². The zero-order chi connectivity index (χ0) is 13.6. The molecular formula is C13H13ClN4O. The van der Waals surface area contributed by atoms with Crippen molar-refractivity contribution in [1.29, 1.82) is 0 Å². The Morgan fingerprint density at radius 2 is 2.21 bits per heavy atom. The third kappa shape index (κ3) is 1.74. The van der Waals surface area contributed by atoms with Gasteiger partial charge in [-0.3, -0.25) is 4.68 Å². The highest BCUT2D eigenvalue weighted by Gasteiger charge is 2.15. The summed E-state index contributed by atoms with van der Waals surface area (Å²) in [6, 6.07) is 5.46. The van der Waals surface area contributed by atoms with E-state index in [0.717, 1.165) is 27.9 Å². The molecule has 0 saturated heterocycles. The van der Waals surface area contributed by atoms with Gasteiger partial charge in [0.1, 0.15) is 11.6 Å². The van der Waals surface area contributed by atoms with E-state index >= 15 is 0 Å². The van der Waals surface area contributed by atoms with Gasteiger partial charge in [-0.25, -0.2) is 0 Å². The molecule has 0 bridgehead atoms. The standard InChI is InChI=1S/C13H13ClN4O/c1-18-11(15)5-9(17-18)7-6-16-13-10(19-2)4-3-8(14)12(7)13/h3-6,16H,15H2,1-2H3. The Balaban J connectivity index is 2.31. The minimum absolute atomic E-state index is 0.600. The van der Waals surface area contributed by atoms with Gasteiger partial charge in [0.25, 0.3) is 0 Å². The Hall–Kier alpha value is -2.14. The lowest BCUT2D eigenvalue weighted by atomic mass is 10.1. The number of rotatable bonds is 2. The van der Waals surface area contributed by atoms with Gasteiger partial charge in [0.15, 0.2) is 0 Å². The van der Waals surface area contributed by atoms with Gasteiger partial charge < -0.3 is 15.5 Å². The summed E-state index contributed by atoms with van der Waals surface area (Å²) >= 11 is 6.29. The van der Waals surface area contributed by atoms with Gasteiger partial charge in [0.2, 0.25) is 0 Å². The molecule has 1 aromatic carbocycles. The summed E-state index contributed by atoms with van der Waals surface area (Å²) in [5.74, 6) is 1.35. The number of aromatic nitrogens is 3. The predicted octanol–water partition coefficient (Wildman–Crippen LogP) is 2.81. The molecule has 2 aromatic heterocycles. The van der Waals surface area contributed by atoms with Gasteiger partial charge >= 0.3 is 0 Å². The first-order valence-corrected chi connectivity index (χ1v) is 6.13. The summed E-state index contributed by atoms with van der Waals surface area (Å²) in [6.45, 7) is 0. The van der Waals surface area contributed by atoms with Gasteiger partial charge in [0.05, 0.1) is 23.3 Å². The molecule has 0 atom stereocenters. The van der Waals surface area contributed by atoms with Crippen molar-refractivity contribution >= 4 is 28.3 Å². The molecular weight excluding hydrogens is 264 g/mol. The number of nitrogens with two attached hydrogens (primary N) is 1. The fraction of sp³-hybridized carbons (Fsp3) is 0.154. The molecule has 98 valence electrons. The largest absolute Gasteiger partial charge is 0.495 e. The number of hydrogen-bond acceptors (Lipinski definition) is 3. The van der Waals surface area contributed by atoms with Gasteiger partial charge in [-0.2, -0.15) is 5.10 Å². The Labute approximate surface area is 114 Å². The highest BCUT2D eigenvalue weighted by Crippen LogP contribution is 2.37. The second-order valence-corrected chi connectivity index (χ2v) is 4.69. The van der Waals surface area contributed by atoms with Crippen LogP contribution in [0.25, 0.3) is 22.2 Å². The number of aryl methyl sites for hydroxylation is 1. The lowest BCUT2D eigenvalue weighted by Crippen LogP contribution is -1.96. The van der Waals surface area contributed by atoms with Crippen molar-refractivity contribution in [3.63, 3.8) is 0 Å². The van der Waals surface area contributed by atoms with Crippen LogP contribution in [0.3, 0.4) is 0 Å². The van der Waals surface area contributed by atoms with E-state index < -0.39 is 0 Å². The van der Waals surface area contributed by atoms with Crippen LogP contribution in [-0.4, -0.2) is 21.9 Å². The smallest absolute Gasteiger partial charge is 0.143 e. The maximum atomic E-state index is 6.29. The van der Waals surface area contributed by atoms with Gasteiger partial charge in [-0.05, 0) is 12.1 Å². The highest BCUT2D eigenvalue weighted by atomic mass is 35.5. The van der Waals surface area contributed by atoms with E-state index in [2.05, 4.69) is 10.1 Å². The van der Waals surface area contributed by atoms with E-state index in [1.807, 2.05) is 24.4 Å². The maximum Gasteiger partial charge on any atom is 0.143 e. The molecule has 3 N–H and O–H groups in total. The molecule has 5 nitrogen and oxygen atoms in total. The first-order valence-electron chi connectivity index (χ1n) is 5.75. The molecule has 19 heavy (non-hydrogen) atoms. The SMILES string of the molecule is COc1ccc(Cl)c2c(-c3cc(N)n(C)n3)c[nH]c12. The number of aromatic amines is 1. The van der Waals surface area contributed by atoms with Gasteiger partial charge in [-0.1, -0.05) is 11.6 Å². The van der Waals surface area contributed by atoms with E-state index in [1.54, 1.807) is 18.8 Å². The van der Waals surface area contributed by atoms with E-state index in [-0.39, 0.29) is 0 Å². The van der Waals surface area contributed by atoms with Gasteiger partial charge in [0, 0.05) is 30.3 Å². The fourth-order valence-electron chi connectivity index (χ4n) is 2.17. The molecule has 0 unspecified atom stereocenters. The van der Waals surface area contributed by atoms with E-state index in [1.165, 1.54) is 0 Å². The maximum absolute atomic E-state index is 6.29. The fourth-order valence-corrected chi connectivity index (χ4v) is 2.43. The van der Waals surface area contributed by atoms with Crippen molar-refractivity contribution in [2.45, 2.75) is 0 Å². The Morgan fingerprint density at radius 1 is 1.42 bits per heavy atom. The molecule has 0 fully saturated rings. The summed E-state index contributed by atoms with van der Waals surface area (Å²) < 4.78 is 6.95. The molecule has 0 aliphatic rings. The molecule has 0 saturated carbocycles. The first-order chi connectivity index (χ1) is 9.11.